The summed E-state index contributed by atoms with van der Waals surface area (Å²) in [5, 5.41) is 29.4. The van der Waals surface area contributed by atoms with E-state index in [0.29, 0.717) is 29.9 Å². The number of benzene rings is 2. The molecule has 2 aromatic carbocycles. The van der Waals surface area contributed by atoms with Gasteiger partial charge in [0.2, 0.25) is 5.78 Å². The topological polar surface area (TPSA) is 178 Å². The molecule has 6 N–H and O–H groups in total. The Balaban J connectivity index is 1.64. The first kappa shape index (κ1) is 28.0. The minimum absolute atomic E-state index is 0.0868. The van der Waals surface area contributed by atoms with Gasteiger partial charge < -0.3 is 26.5 Å². The van der Waals surface area contributed by atoms with E-state index in [4.69, 9.17) is 16.3 Å². The predicted octanol–water partition coefficient (Wildman–Crippen LogP) is 3.95. The molecule has 0 heterocycles. The zero-order valence-electron chi connectivity index (χ0n) is 22.0. The molecular formula is C29H29IN4O6. The summed E-state index contributed by atoms with van der Waals surface area (Å²) in [6.45, 7) is 4.47. The van der Waals surface area contributed by atoms with Crippen LogP contribution in [0.15, 0.2) is 61.2 Å². The van der Waals surface area contributed by atoms with Crippen LogP contribution in [0.4, 0.5) is 0 Å². The van der Waals surface area contributed by atoms with Crippen LogP contribution in [0.5, 0.6) is 5.75 Å². The van der Waals surface area contributed by atoms with Gasteiger partial charge in [0.25, 0.3) is 5.91 Å². The van der Waals surface area contributed by atoms with Crippen molar-refractivity contribution in [1.29, 1.82) is 0 Å². The van der Waals surface area contributed by atoms with E-state index in [-0.39, 0.29) is 34.7 Å². The van der Waals surface area contributed by atoms with E-state index in [0.717, 1.165) is 27.8 Å². The number of aliphatic hydroxyl groups is 2. The number of hydrogen-bond donors (Lipinski definition) is 4. The number of fused-ring (bicyclic) bond motifs is 3. The molecule has 11 heteroatoms. The summed E-state index contributed by atoms with van der Waals surface area (Å²) < 4.78 is 5.94. The van der Waals surface area contributed by atoms with Gasteiger partial charge in [-0.1, -0.05) is 23.4 Å². The average Bonchev–Trinajstić information content (AvgIpc) is 2.90. The molecule has 0 saturated carbocycles. The minimum atomic E-state index is -2.09. The lowest BCUT2D eigenvalue weighted by molar-refractivity contribution is -0.139. The lowest BCUT2D eigenvalue weighted by Crippen LogP contribution is -2.56. The van der Waals surface area contributed by atoms with Crippen molar-refractivity contribution in [3.63, 3.8) is 0 Å². The molecule has 2 aromatic rings. The summed E-state index contributed by atoms with van der Waals surface area (Å²) in [5.74, 6) is 2.19. The number of primary amides is 1. The first-order chi connectivity index (χ1) is 19.0. The molecule has 10 nitrogen and oxygen atoms in total. The highest BCUT2D eigenvalue weighted by Crippen LogP contribution is 2.54. The maximum absolute atomic E-state index is 14.1. The van der Waals surface area contributed by atoms with Crippen LogP contribution in [0, 0.1) is 18.8 Å². The molecule has 0 aromatic heterocycles. The number of aliphatic hydroxyl groups excluding tert-OH is 1. The van der Waals surface area contributed by atoms with Gasteiger partial charge in [-0.15, -0.1) is 0 Å². The number of ether oxygens (including phenoxy) is 1. The fraction of sp³-hybridized carbons (Fsp3) is 0.345. The largest absolute Gasteiger partial charge is 0.511 e. The second kappa shape index (κ2) is 10.4. The summed E-state index contributed by atoms with van der Waals surface area (Å²) in [7, 11) is 0. The molecule has 0 saturated heterocycles. The van der Waals surface area contributed by atoms with Crippen molar-refractivity contribution in [3.05, 3.63) is 73.1 Å². The van der Waals surface area contributed by atoms with Crippen molar-refractivity contribution in [3.8, 4) is 16.9 Å². The molecule has 0 unspecified atom stereocenters. The number of nitrogens with two attached hydrogens (primary N) is 2. The highest BCUT2D eigenvalue weighted by atomic mass is 127. The second-order valence-electron chi connectivity index (χ2n) is 10.3. The Kier molecular flexibility index (Phi) is 7.29. The summed E-state index contributed by atoms with van der Waals surface area (Å²) >= 11 is 1.86. The van der Waals surface area contributed by atoms with Crippen molar-refractivity contribution in [2.45, 2.75) is 45.3 Å². The van der Waals surface area contributed by atoms with Crippen molar-refractivity contribution in [2.24, 2.45) is 33.7 Å². The van der Waals surface area contributed by atoms with Crippen molar-refractivity contribution >= 4 is 40.1 Å². The molecule has 3 aliphatic carbocycles. The van der Waals surface area contributed by atoms with Crippen molar-refractivity contribution < 1.29 is 29.3 Å². The smallest absolute Gasteiger partial charge is 0.255 e. The molecule has 40 heavy (non-hydrogen) atoms. The highest BCUT2D eigenvalue weighted by molar-refractivity contribution is 14.1. The molecule has 208 valence electrons. The Labute approximate surface area is 244 Å². The zero-order chi connectivity index (χ0) is 28.9. The SMILES string of the molecule is CCOc1ccc(-c2ccc(C)c3c2C[C@H]2C[C@H]4CC(O)=C(C(N)=O)C(=O)[C@@]4(O)C(I)=C2C3=O)cc1CN=NN. The van der Waals surface area contributed by atoms with Crippen LogP contribution in [0.3, 0.4) is 0 Å². The number of halogens is 1. The fourth-order valence-corrected chi connectivity index (χ4v) is 7.69. The van der Waals surface area contributed by atoms with Crippen molar-refractivity contribution in [1.82, 2.24) is 0 Å². The minimum Gasteiger partial charge on any atom is -0.511 e. The molecule has 3 atom stereocenters. The van der Waals surface area contributed by atoms with Crippen LogP contribution in [-0.4, -0.2) is 39.9 Å². The number of nitrogens with zero attached hydrogens (tertiary/aromatic N) is 2. The Bertz CT molecular complexity index is 1560. The van der Waals surface area contributed by atoms with Gasteiger partial charge in [0.15, 0.2) is 11.4 Å². The van der Waals surface area contributed by atoms with E-state index in [1.165, 1.54) is 0 Å². The third-order valence-electron chi connectivity index (χ3n) is 8.12. The number of Topliss-reactive ketones (excluding diaryl/α,β-unsaturated/α-hetero) is 2. The van der Waals surface area contributed by atoms with Gasteiger partial charge in [-0.05, 0) is 89.6 Å². The van der Waals surface area contributed by atoms with Gasteiger partial charge in [0.05, 0.1) is 13.2 Å². The van der Waals surface area contributed by atoms with E-state index in [1.807, 2.05) is 66.8 Å². The van der Waals surface area contributed by atoms with E-state index < -0.39 is 34.5 Å². The molecule has 3 aliphatic rings. The van der Waals surface area contributed by atoms with Crippen LogP contribution in [0.2, 0.25) is 0 Å². The Hall–Kier alpha value is -3.58. The lowest BCUT2D eigenvalue weighted by Gasteiger charge is -2.46. The number of aryl methyl sites for hydroxylation is 1. The maximum Gasteiger partial charge on any atom is 0.255 e. The van der Waals surface area contributed by atoms with Gasteiger partial charge in [-0.3, -0.25) is 14.4 Å². The Morgan fingerprint density at radius 3 is 2.65 bits per heavy atom. The number of ketones is 2. The summed E-state index contributed by atoms with van der Waals surface area (Å²) in [6, 6.07) is 9.63. The number of rotatable bonds is 6. The molecule has 5 rings (SSSR count). The fourth-order valence-electron chi connectivity index (χ4n) is 6.32. The van der Waals surface area contributed by atoms with Gasteiger partial charge in [0, 0.05) is 32.6 Å². The number of carbonyl (C=O) groups excluding carboxylic acids is 3. The summed E-state index contributed by atoms with van der Waals surface area (Å²) in [5.41, 5.74) is 7.79. The van der Waals surface area contributed by atoms with Crippen LogP contribution >= 0.6 is 22.6 Å². The predicted molar refractivity (Wildman–Crippen MR) is 155 cm³/mol. The van der Waals surface area contributed by atoms with E-state index in [9.17, 15) is 24.6 Å². The first-order valence-corrected chi connectivity index (χ1v) is 14.0. The standard InChI is InChI=1S/C29H29IN4O6/c1-3-40-21-7-5-14(8-16(21)12-33-34-32)18-6-4-13(2)22-19(18)10-15-9-17-11-20(35)24(28(31)38)27(37)29(17,39)26(30)23(15)25(22)36/h4-8,15,17,35,39H,3,9-12H2,1-2H3,(H2,31,38)(H2,32,33)/t15-,17+,29+/m1/s1. The Morgan fingerprint density at radius 1 is 1.23 bits per heavy atom. The van der Waals surface area contributed by atoms with E-state index >= 15 is 0 Å². The van der Waals surface area contributed by atoms with E-state index in [1.54, 1.807) is 0 Å². The van der Waals surface area contributed by atoms with Gasteiger partial charge in [-0.25, -0.2) is 0 Å². The van der Waals surface area contributed by atoms with Crippen LogP contribution in [-0.2, 0) is 22.6 Å². The summed E-state index contributed by atoms with van der Waals surface area (Å²) in [4.78, 5) is 39.4. The lowest BCUT2D eigenvalue weighted by atomic mass is 9.60. The number of allylic oxidation sites excluding steroid dienone is 2. The quantitative estimate of drug-likeness (QED) is 0.120. The molecule has 1 amide bonds. The molecular weight excluding hydrogens is 627 g/mol. The van der Waals surface area contributed by atoms with E-state index in [2.05, 4.69) is 10.3 Å². The van der Waals surface area contributed by atoms with Gasteiger partial charge in [0.1, 0.15) is 17.1 Å². The van der Waals surface area contributed by atoms with Gasteiger partial charge >= 0.3 is 0 Å². The van der Waals surface area contributed by atoms with Gasteiger partial charge in [-0.2, -0.15) is 5.11 Å². The monoisotopic (exact) mass is 656 g/mol. The van der Waals surface area contributed by atoms with Crippen molar-refractivity contribution in [2.75, 3.05) is 6.61 Å². The first-order valence-electron chi connectivity index (χ1n) is 12.9. The second-order valence-corrected chi connectivity index (χ2v) is 11.4. The highest BCUT2D eigenvalue weighted by Gasteiger charge is 2.58. The third-order valence-corrected chi connectivity index (χ3v) is 9.53. The normalized spacial score (nSPS) is 24.2. The number of carbonyl (C=O) groups is 3. The number of amides is 1. The number of hydrogen-bond acceptors (Lipinski definition) is 8. The molecule has 0 fully saturated rings. The Morgan fingerprint density at radius 2 is 1.98 bits per heavy atom. The van der Waals surface area contributed by atoms with Crippen LogP contribution < -0.4 is 16.3 Å². The summed E-state index contributed by atoms with van der Waals surface area (Å²) in [6.07, 6.45) is 0.694. The molecule has 0 bridgehead atoms. The zero-order valence-corrected chi connectivity index (χ0v) is 24.2. The average molecular weight is 656 g/mol. The maximum atomic E-state index is 14.1. The molecule has 0 radical (unpaired) electrons. The molecule has 0 aliphatic heterocycles. The molecule has 0 spiro atoms. The van der Waals surface area contributed by atoms with Crippen LogP contribution in [0.1, 0.15) is 46.8 Å². The van der Waals surface area contributed by atoms with Crippen LogP contribution in [0.25, 0.3) is 11.1 Å². The third kappa shape index (κ3) is 4.22.